The summed E-state index contributed by atoms with van der Waals surface area (Å²) in [5, 5.41) is 9.10. The van der Waals surface area contributed by atoms with E-state index in [1.165, 1.54) is 0 Å². The van der Waals surface area contributed by atoms with Crippen LogP contribution in [-0.4, -0.2) is 42.7 Å². The maximum absolute atomic E-state index is 12.3. The van der Waals surface area contributed by atoms with Crippen molar-refractivity contribution in [2.45, 2.75) is 12.8 Å². The molecule has 2 rings (SSSR count). The van der Waals surface area contributed by atoms with Crippen LogP contribution in [0.15, 0.2) is 22.7 Å². The molecule has 1 amide bonds. The predicted octanol–water partition coefficient (Wildman–Crippen LogP) is 2.30. The third-order valence-electron chi connectivity index (χ3n) is 3.56. The number of methoxy groups -OCH3 is 1. The third kappa shape index (κ3) is 3.28. The van der Waals surface area contributed by atoms with Crippen LogP contribution in [0.25, 0.3) is 0 Å². The lowest BCUT2D eigenvalue weighted by Crippen LogP contribution is -2.39. The summed E-state index contributed by atoms with van der Waals surface area (Å²) in [6.07, 6.45) is 1.75. The lowest BCUT2D eigenvalue weighted by Gasteiger charge is -2.31. The Hall–Kier alpha value is -1.07. The van der Waals surface area contributed by atoms with Gasteiger partial charge in [-0.2, -0.15) is 0 Å². The highest BCUT2D eigenvalue weighted by molar-refractivity contribution is 9.10. The third-order valence-corrected chi connectivity index (χ3v) is 4.18. The Morgan fingerprint density at radius 2 is 2.16 bits per heavy atom. The monoisotopic (exact) mass is 327 g/mol. The molecule has 1 aliphatic heterocycles. The van der Waals surface area contributed by atoms with Crippen molar-refractivity contribution in [2.24, 2.45) is 5.92 Å². The number of benzene rings is 1. The Morgan fingerprint density at radius 1 is 1.47 bits per heavy atom. The van der Waals surface area contributed by atoms with Gasteiger partial charge in [-0.15, -0.1) is 0 Å². The van der Waals surface area contributed by atoms with Crippen LogP contribution in [0.1, 0.15) is 23.2 Å². The smallest absolute Gasteiger partial charge is 0.253 e. The maximum Gasteiger partial charge on any atom is 0.253 e. The van der Waals surface area contributed by atoms with Gasteiger partial charge in [-0.25, -0.2) is 0 Å². The standard InChI is InChI=1S/C14H18BrNO3/c1-19-13-3-2-11(8-12(13)15)14(18)16-6-4-10(9-17)5-7-16/h2-3,8,10,17H,4-7,9H2,1H3. The average molecular weight is 328 g/mol. The van der Waals surface area contributed by atoms with Gasteiger partial charge < -0.3 is 14.7 Å². The fourth-order valence-electron chi connectivity index (χ4n) is 2.30. The number of amides is 1. The number of ether oxygens (including phenoxy) is 1. The Morgan fingerprint density at radius 3 is 2.68 bits per heavy atom. The molecular formula is C14H18BrNO3. The maximum atomic E-state index is 12.3. The van der Waals surface area contributed by atoms with E-state index in [-0.39, 0.29) is 12.5 Å². The SMILES string of the molecule is COc1ccc(C(=O)N2CCC(CO)CC2)cc1Br. The van der Waals surface area contributed by atoms with Crippen molar-refractivity contribution < 1.29 is 14.6 Å². The molecule has 0 bridgehead atoms. The Balaban J connectivity index is 2.06. The number of aliphatic hydroxyl groups excluding tert-OH is 1. The van der Waals surface area contributed by atoms with E-state index in [9.17, 15) is 4.79 Å². The first kappa shape index (κ1) is 14.3. The fraction of sp³-hybridized carbons (Fsp3) is 0.500. The summed E-state index contributed by atoms with van der Waals surface area (Å²) in [6.45, 7) is 1.65. The summed E-state index contributed by atoms with van der Waals surface area (Å²) in [5.41, 5.74) is 0.662. The fourth-order valence-corrected chi connectivity index (χ4v) is 2.84. The van der Waals surface area contributed by atoms with Gasteiger partial charge in [-0.1, -0.05) is 0 Å². The number of rotatable bonds is 3. The molecule has 1 fully saturated rings. The minimum absolute atomic E-state index is 0.0414. The highest BCUT2D eigenvalue weighted by Gasteiger charge is 2.23. The van der Waals surface area contributed by atoms with E-state index in [2.05, 4.69) is 15.9 Å². The van der Waals surface area contributed by atoms with Crippen LogP contribution in [0.2, 0.25) is 0 Å². The van der Waals surface area contributed by atoms with Crippen LogP contribution in [0, 0.1) is 5.92 Å². The Bertz CT molecular complexity index is 456. The largest absolute Gasteiger partial charge is 0.496 e. The van der Waals surface area contributed by atoms with Gasteiger partial charge in [-0.3, -0.25) is 4.79 Å². The van der Waals surface area contributed by atoms with Crippen molar-refractivity contribution >= 4 is 21.8 Å². The molecular weight excluding hydrogens is 310 g/mol. The summed E-state index contributed by atoms with van der Waals surface area (Å²) < 4.78 is 5.94. The summed E-state index contributed by atoms with van der Waals surface area (Å²) in [4.78, 5) is 14.2. The van der Waals surface area contributed by atoms with Crippen molar-refractivity contribution in [3.63, 3.8) is 0 Å². The number of halogens is 1. The lowest BCUT2D eigenvalue weighted by molar-refractivity contribution is 0.0651. The van der Waals surface area contributed by atoms with E-state index < -0.39 is 0 Å². The zero-order valence-electron chi connectivity index (χ0n) is 10.9. The first-order chi connectivity index (χ1) is 9.15. The summed E-state index contributed by atoms with van der Waals surface area (Å²) in [5.74, 6) is 1.10. The molecule has 0 aliphatic carbocycles. The molecule has 0 spiro atoms. The van der Waals surface area contributed by atoms with E-state index in [0.717, 1.165) is 23.1 Å². The van der Waals surface area contributed by atoms with Crippen LogP contribution in [-0.2, 0) is 0 Å². The molecule has 4 nitrogen and oxygen atoms in total. The molecule has 1 aliphatic rings. The van der Waals surface area contributed by atoms with Crippen molar-refractivity contribution in [3.05, 3.63) is 28.2 Å². The molecule has 1 aromatic carbocycles. The molecule has 1 saturated heterocycles. The van der Waals surface area contributed by atoms with Crippen LogP contribution in [0.5, 0.6) is 5.75 Å². The average Bonchev–Trinajstić information content (AvgIpc) is 2.46. The zero-order chi connectivity index (χ0) is 13.8. The summed E-state index contributed by atoms with van der Waals surface area (Å²) >= 11 is 3.39. The van der Waals surface area contributed by atoms with Gasteiger partial charge in [0.15, 0.2) is 0 Å². The first-order valence-corrected chi connectivity index (χ1v) is 7.18. The van der Waals surface area contributed by atoms with Crippen molar-refractivity contribution in [1.29, 1.82) is 0 Å². The molecule has 1 N–H and O–H groups in total. The van der Waals surface area contributed by atoms with Crippen molar-refractivity contribution in [1.82, 2.24) is 4.90 Å². The van der Waals surface area contributed by atoms with Gasteiger partial charge in [0.05, 0.1) is 11.6 Å². The Labute approximate surface area is 121 Å². The molecule has 0 saturated carbocycles. The van der Waals surface area contributed by atoms with Gasteiger partial charge in [0.25, 0.3) is 5.91 Å². The number of likely N-dealkylation sites (tertiary alicyclic amines) is 1. The molecule has 104 valence electrons. The van der Waals surface area contributed by atoms with Gasteiger partial charge >= 0.3 is 0 Å². The van der Waals surface area contributed by atoms with E-state index in [0.29, 0.717) is 24.6 Å². The summed E-state index contributed by atoms with van der Waals surface area (Å²) in [7, 11) is 1.60. The molecule has 1 heterocycles. The van der Waals surface area contributed by atoms with E-state index >= 15 is 0 Å². The molecule has 19 heavy (non-hydrogen) atoms. The minimum atomic E-state index is 0.0414. The lowest BCUT2D eigenvalue weighted by atomic mass is 9.97. The first-order valence-electron chi connectivity index (χ1n) is 6.39. The second-order valence-electron chi connectivity index (χ2n) is 4.77. The zero-order valence-corrected chi connectivity index (χ0v) is 12.5. The van der Waals surface area contributed by atoms with Crippen LogP contribution in [0.3, 0.4) is 0 Å². The number of carbonyl (C=O) groups excluding carboxylic acids is 1. The highest BCUT2D eigenvalue weighted by Crippen LogP contribution is 2.27. The van der Waals surface area contributed by atoms with Gasteiger partial charge in [0.1, 0.15) is 5.75 Å². The van der Waals surface area contributed by atoms with Gasteiger partial charge in [0, 0.05) is 25.3 Å². The summed E-state index contributed by atoms with van der Waals surface area (Å²) in [6, 6.07) is 5.36. The van der Waals surface area contributed by atoms with Crippen LogP contribution < -0.4 is 4.74 Å². The number of carbonyl (C=O) groups is 1. The quantitative estimate of drug-likeness (QED) is 0.926. The number of nitrogens with zero attached hydrogens (tertiary/aromatic N) is 1. The van der Waals surface area contributed by atoms with Crippen molar-refractivity contribution in [3.8, 4) is 5.75 Å². The van der Waals surface area contributed by atoms with E-state index in [4.69, 9.17) is 9.84 Å². The van der Waals surface area contributed by atoms with Crippen LogP contribution in [0.4, 0.5) is 0 Å². The molecule has 0 unspecified atom stereocenters. The Kier molecular flexibility index (Phi) is 4.82. The van der Waals surface area contributed by atoms with Crippen LogP contribution >= 0.6 is 15.9 Å². The van der Waals surface area contributed by atoms with Crippen molar-refractivity contribution in [2.75, 3.05) is 26.8 Å². The predicted molar refractivity (Wildman–Crippen MR) is 76.4 cm³/mol. The molecule has 5 heteroatoms. The number of hydrogen-bond donors (Lipinski definition) is 1. The number of aliphatic hydroxyl groups is 1. The molecule has 0 aromatic heterocycles. The molecule has 0 radical (unpaired) electrons. The van der Waals surface area contributed by atoms with Gasteiger partial charge in [0.2, 0.25) is 0 Å². The highest BCUT2D eigenvalue weighted by atomic mass is 79.9. The number of piperidine rings is 1. The van der Waals surface area contributed by atoms with E-state index in [1.54, 1.807) is 25.3 Å². The molecule has 1 aromatic rings. The normalized spacial score (nSPS) is 16.5. The second kappa shape index (κ2) is 6.39. The van der Waals surface area contributed by atoms with Gasteiger partial charge in [-0.05, 0) is 52.9 Å². The van der Waals surface area contributed by atoms with E-state index in [1.807, 2.05) is 4.90 Å². The second-order valence-corrected chi connectivity index (χ2v) is 5.62. The molecule has 0 atom stereocenters. The topological polar surface area (TPSA) is 49.8 Å². The minimum Gasteiger partial charge on any atom is -0.496 e. The number of hydrogen-bond acceptors (Lipinski definition) is 3.